The van der Waals surface area contributed by atoms with Crippen molar-refractivity contribution in [2.45, 2.75) is 52.4 Å². The highest BCUT2D eigenvalue weighted by Crippen LogP contribution is 2.08. The van der Waals surface area contributed by atoms with Crippen LogP contribution < -0.4 is 0 Å². The summed E-state index contributed by atoms with van der Waals surface area (Å²) >= 11 is 0. The molecule has 0 saturated heterocycles. The largest absolute Gasteiger partial charge is 0.465 e. The van der Waals surface area contributed by atoms with E-state index in [1.807, 2.05) is 13.8 Å². The van der Waals surface area contributed by atoms with Gasteiger partial charge in [0.2, 0.25) is 0 Å². The minimum atomic E-state index is -0.402. The van der Waals surface area contributed by atoms with Crippen LogP contribution in [0.1, 0.15) is 52.4 Å². The van der Waals surface area contributed by atoms with Crippen LogP contribution >= 0.6 is 0 Å². The summed E-state index contributed by atoms with van der Waals surface area (Å²) in [4.78, 5) is 23.0. The Labute approximate surface area is 132 Å². The highest BCUT2D eigenvalue weighted by atomic mass is 16.5. The first kappa shape index (κ1) is 20.9. The van der Waals surface area contributed by atoms with Gasteiger partial charge in [-0.25, -0.2) is 0 Å². The normalized spacial score (nSPS) is 13.5. The Kier molecular flexibility index (Phi) is 12.8. The molecule has 0 aromatic heterocycles. The molecule has 0 aliphatic heterocycles. The molecule has 0 aromatic rings. The zero-order valence-electron chi connectivity index (χ0n) is 13.8. The highest BCUT2D eigenvalue weighted by Gasteiger charge is 2.12. The second-order valence-corrected chi connectivity index (χ2v) is 5.81. The molecule has 0 saturated carbocycles. The molecule has 0 radical (unpaired) electrons. The van der Waals surface area contributed by atoms with E-state index in [-0.39, 0.29) is 37.9 Å². The molecule has 0 fully saturated rings. The van der Waals surface area contributed by atoms with Crippen LogP contribution in [0.4, 0.5) is 0 Å². The molecular weight excluding hydrogens is 288 g/mol. The van der Waals surface area contributed by atoms with Crippen molar-refractivity contribution in [2.75, 3.05) is 26.4 Å². The molecule has 130 valence electrons. The van der Waals surface area contributed by atoms with Crippen LogP contribution in [0.2, 0.25) is 0 Å². The fourth-order valence-corrected chi connectivity index (χ4v) is 1.87. The van der Waals surface area contributed by atoms with Crippen molar-refractivity contribution < 1.29 is 29.3 Å². The third kappa shape index (κ3) is 12.6. The minimum Gasteiger partial charge on any atom is -0.465 e. The molecule has 0 heterocycles. The lowest BCUT2D eigenvalue weighted by Gasteiger charge is -2.12. The van der Waals surface area contributed by atoms with Crippen molar-refractivity contribution in [1.29, 1.82) is 0 Å². The van der Waals surface area contributed by atoms with E-state index >= 15 is 0 Å². The number of rotatable bonds is 13. The van der Waals surface area contributed by atoms with Gasteiger partial charge in [0, 0.05) is 13.2 Å². The Balaban J connectivity index is 3.66. The second-order valence-electron chi connectivity index (χ2n) is 5.81. The van der Waals surface area contributed by atoms with E-state index in [0.29, 0.717) is 26.1 Å². The van der Waals surface area contributed by atoms with E-state index in [9.17, 15) is 9.59 Å². The summed E-state index contributed by atoms with van der Waals surface area (Å²) in [7, 11) is 0. The molecule has 6 heteroatoms. The van der Waals surface area contributed by atoms with Crippen LogP contribution in [-0.2, 0) is 19.1 Å². The molecule has 0 spiro atoms. The van der Waals surface area contributed by atoms with E-state index in [1.54, 1.807) is 0 Å². The number of aliphatic hydroxyl groups is 2. The monoisotopic (exact) mass is 318 g/mol. The Hall–Kier alpha value is -1.14. The zero-order chi connectivity index (χ0) is 16.8. The fraction of sp³-hybridized carbons (Fsp3) is 0.875. The van der Waals surface area contributed by atoms with Crippen LogP contribution in [0.25, 0.3) is 0 Å². The first-order valence-electron chi connectivity index (χ1n) is 8.02. The topological polar surface area (TPSA) is 93.1 Å². The highest BCUT2D eigenvalue weighted by molar-refractivity contribution is 5.77. The number of aliphatic hydroxyl groups excluding tert-OH is 2. The van der Waals surface area contributed by atoms with Gasteiger partial charge in [0.1, 0.15) is 0 Å². The summed E-state index contributed by atoms with van der Waals surface area (Å²) < 4.78 is 10.1. The van der Waals surface area contributed by atoms with Crippen molar-refractivity contribution in [3.63, 3.8) is 0 Å². The lowest BCUT2D eigenvalue weighted by atomic mass is 10.1. The van der Waals surface area contributed by atoms with Gasteiger partial charge in [-0.2, -0.15) is 0 Å². The summed E-state index contributed by atoms with van der Waals surface area (Å²) in [6.45, 7) is 4.80. The van der Waals surface area contributed by atoms with Gasteiger partial charge in [-0.15, -0.1) is 0 Å². The number of carbonyl (C=O) groups excluding carboxylic acids is 2. The zero-order valence-corrected chi connectivity index (χ0v) is 13.8. The van der Waals surface area contributed by atoms with E-state index in [0.717, 1.165) is 12.8 Å². The number of ether oxygens (including phenoxy) is 2. The molecule has 0 aromatic carbocycles. The summed E-state index contributed by atoms with van der Waals surface area (Å²) in [6, 6.07) is 0. The average molecular weight is 318 g/mol. The molecule has 22 heavy (non-hydrogen) atoms. The summed E-state index contributed by atoms with van der Waals surface area (Å²) in [6.07, 6.45) is 3.04. The van der Waals surface area contributed by atoms with Gasteiger partial charge >= 0.3 is 11.9 Å². The molecule has 2 N–H and O–H groups in total. The van der Waals surface area contributed by atoms with Crippen molar-refractivity contribution in [3.05, 3.63) is 0 Å². The van der Waals surface area contributed by atoms with Gasteiger partial charge in [0.05, 0.1) is 26.1 Å². The van der Waals surface area contributed by atoms with Gasteiger partial charge in [0.15, 0.2) is 0 Å². The van der Waals surface area contributed by atoms with E-state index in [1.165, 1.54) is 0 Å². The molecule has 2 unspecified atom stereocenters. The molecule has 0 bridgehead atoms. The number of hydrogen-bond donors (Lipinski definition) is 2. The maximum Gasteiger partial charge on any atom is 0.306 e. The van der Waals surface area contributed by atoms with Gasteiger partial charge in [-0.1, -0.05) is 13.8 Å². The average Bonchev–Trinajstić information content (AvgIpc) is 2.52. The predicted octanol–water partition coefficient (Wildman–Crippen LogP) is 1.67. The molecule has 0 amide bonds. The van der Waals surface area contributed by atoms with Gasteiger partial charge in [0.25, 0.3) is 0 Å². The van der Waals surface area contributed by atoms with Crippen molar-refractivity contribution in [1.82, 2.24) is 0 Å². The third-order valence-electron chi connectivity index (χ3n) is 3.30. The lowest BCUT2D eigenvalue weighted by Crippen LogP contribution is -2.16. The molecular formula is C16H30O6. The third-order valence-corrected chi connectivity index (χ3v) is 3.30. The van der Waals surface area contributed by atoms with Crippen molar-refractivity contribution in [3.8, 4) is 0 Å². The molecule has 0 aliphatic carbocycles. The Morgan fingerprint density at radius 3 is 1.50 bits per heavy atom. The summed E-state index contributed by atoms with van der Waals surface area (Å²) in [5.74, 6) is -0.395. The predicted molar refractivity (Wildman–Crippen MR) is 82.1 cm³/mol. The molecule has 6 nitrogen and oxygen atoms in total. The van der Waals surface area contributed by atoms with Crippen LogP contribution in [0.3, 0.4) is 0 Å². The lowest BCUT2D eigenvalue weighted by molar-refractivity contribution is -0.151. The van der Waals surface area contributed by atoms with Crippen LogP contribution in [0.15, 0.2) is 0 Å². The molecule has 0 rings (SSSR count). The van der Waals surface area contributed by atoms with Crippen LogP contribution in [0.5, 0.6) is 0 Å². The van der Waals surface area contributed by atoms with Crippen molar-refractivity contribution in [2.24, 2.45) is 11.8 Å². The van der Waals surface area contributed by atoms with E-state index in [4.69, 9.17) is 19.7 Å². The van der Waals surface area contributed by atoms with Crippen LogP contribution in [0, 0.1) is 11.8 Å². The maximum absolute atomic E-state index is 11.5. The first-order valence-corrected chi connectivity index (χ1v) is 8.02. The Morgan fingerprint density at radius 2 is 1.18 bits per heavy atom. The number of hydrogen-bond acceptors (Lipinski definition) is 6. The van der Waals surface area contributed by atoms with Crippen LogP contribution in [-0.4, -0.2) is 48.6 Å². The van der Waals surface area contributed by atoms with Gasteiger partial charge in [-0.05, 0) is 37.5 Å². The number of carbonyl (C=O) groups is 2. The maximum atomic E-state index is 11.5. The van der Waals surface area contributed by atoms with Crippen molar-refractivity contribution >= 4 is 11.9 Å². The quantitative estimate of drug-likeness (QED) is 0.502. The van der Waals surface area contributed by atoms with E-state index in [2.05, 4.69) is 0 Å². The molecule has 0 aliphatic rings. The first-order chi connectivity index (χ1) is 10.5. The SMILES string of the molecule is CC(CCCO)COC(=O)CCC(=O)OCC(C)CCCO. The van der Waals surface area contributed by atoms with E-state index < -0.39 is 11.9 Å². The standard InChI is InChI=1S/C16H30O6/c1-13(5-3-9-17)11-21-15(19)7-8-16(20)22-12-14(2)6-4-10-18/h13-14,17-18H,3-12H2,1-2H3. The fourth-order valence-electron chi connectivity index (χ4n) is 1.87. The Morgan fingerprint density at radius 1 is 0.818 bits per heavy atom. The summed E-state index contributed by atoms with van der Waals surface area (Å²) in [5, 5.41) is 17.4. The van der Waals surface area contributed by atoms with Gasteiger partial charge in [-0.3, -0.25) is 9.59 Å². The smallest absolute Gasteiger partial charge is 0.306 e. The molecule has 2 atom stereocenters. The summed E-state index contributed by atoms with van der Waals surface area (Å²) in [5.41, 5.74) is 0. The second kappa shape index (κ2) is 13.5. The Bertz CT molecular complexity index is 275. The van der Waals surface area contributed by atoms with Gasteiger partial charge < -0.3 is 19.7 Å². The number of esters is 2. The minimum absolute atomic E-state index is 0.0244.